The van der Waals surface area contributed by atoms with Gasteiger partial charge >= 0.3 is 6.36 Å². The number of ether oxygens (including phenoxy) is 1. The lowest BCUT2D eigenvalue weighted by Crippen LogP contribution is -2.17. The normalized spacial score (nSPS) is 11.9. The predicted molar refractivity (Wildman–Crippen MR) is 42.8 cm³/mol. The highest BCUT2D eigenvalue weighted by molar-refractivity contribution is 5.81. The molecular weight excluding hydrogens is 197 g/mol. The number of pyridine rings is 1. The van der Waals surface area contributed by atoms with Crippen LogP contribution in [0.15, 0.2) is 24.5 Å². The van der Waals surface area contributed by atoms with Crippen molar-refractivity contribution in [2.45, 2.75) is 6.36 Å². The van der Waals surface area contributed by atoms with E-state index in [4.69, 9.17) is 0 Å². The Bertz CT molecular complexity index is 449. The van der Waals surface area contributed by atoms with Gasteiger partial charge in [0.1, 0.15) is 5.52 Å². The monoisotopic (exact) mass is 202 g/mol. The smallest absolute Gasteiger partial charge is 0.403 e. The van der Waals surface area contributed by atoms with Gasteiger partial charge < -0.3 is 9.72 Å². The topological polar surface area (TPSA) is 37.9 Å². The molecule has 1 N–H and O–H groups in total. The number of rotatable bonds is 1. The van der Waals surface area contributed by atoms with Crippen LogP contribution in [0.3, 0.4) is 0 Å². The molecule has 0 aliphatic carbocycles. The zero-order valence-electron chi connectivity index (χ0n) is 6.80. The van der Waals surface area contributed by atoms with Gasteiger partial charge in [0, 0.05) is 18.5 Å². The Morgan fingerprint density at radius 3 is 2.79 bits per heavy atom. The summed E-state index contributed by atoms with van der Waals surface area (Å²) in [5, 5.41) is 0. The van der Waals surface area contributed by atoms with E-state index in [0.717, 1.165) is 6.07 Å². The molecule has 0 aromatic carbocycles. The Morgan fingerprint density at radius 2 is 2.07 bits per heavy atom. The summed E-state index contributed by atoms with van der Waals surface area (Å²) in [6, 6.07) is 2.73. The zero-order valence-corrected chi connectivity index (χ0v) is 6.80. The zero-order chi connectivity index (χ0) is 10.2. The molecule has 3 nitrogen and oxygen atoms in total. The molecule has 0 aliphatic rings. The minimum atomic E-state index is -4.68. The summed E-state index contributed by atoms with van der Waals surface area (Å²) >= 11 is 0. The van der Waals surface area contributed by atoms with Crippen LogP contribution in [0, 0.1) is 0 Å². The highest BCUT2D eigenvalue weighted by Crippen LogP contribution is 2.27. The van der Waals surface area contributed by atoms with Gasteiger partial charge in [0.15, 0.2) is 5.75 Å². The first-order chi connectivity index (χ1) is 6.56. The van der Waals surface area contributed by atoms with Gasteiger partial charge in [0.25, 0.3) is 0 Å². The van der Waals surface area contributed by atoms with Crippen molar-refractivity contribution in [3.63, 3.8) is 0 Å². The van der Waals surface area contributed by atoms with Crippen molar-refractivity contribution >= 4 is 11.0 Å². The van der Waals surface area contributed by atoms with Crippen LogP contribution in [-0.2, 0) is 0 Å². The first-order valence-corrected chi connectivity index (χ1v) is 3.74. The van der Waals surface area contributed by atoms with Crippen LogP contribution < -0.4 is 4.74 Å². The van der Waals surface area contributed by atoms with E-state index in [9.17, 15) is 13.2 Å². The van der Waals surface area contributed by atoms with E-state index < -0.39 is 6.36 Å². The van der Waals surface area contributed by atoms with Gasteiger partial charge in [-0.15, -0.1) is 13.2 Å². The predicted octanol–water partition coefficient (Wildman–Crippen LogP) is 2.46. The van der Waals surface area contributed by atoms with E-state index in [0.29, 0.717) is 5.52 Å². The maximum atomic E-state index is 11.9. The maximum absolute atomic E-state index is 11.9. The minimum Gasteiger partial charge on any atom is -0.403 e. The molecule has 0 unspecified atom stereocenters. The number of halogens is 3. The van der Waals surface area contributed by atoms with E-state index >= 15 is 0 Å². The lowest BCUT2D eigenvalue weighted by Gasteiger charge is -2.08. The number of hydrogen-bond acceptors (Lipinski definition) is 2. The van der Waals surface area contributed by atoms with Gasteiger partial charge in [-0.2, -0.15) is 0 Å². The summed E-state index contributed by atoms with van der Waals surface area (Å²) < 4.78 is 39.6. The molecule has 0 spiro atoms. The van der Waals surface area contributed by atoms with Crippen LogP contribution in [-0.4, -0.2) is 16.3 Å². The highest BCUT2D eigenvalue weighted by Gasteiger charge is 2.32. The van der Waals surface area contributed by atoms with E-state index in [2.05, 4.69) is 14.7 Å². The second-order valence-electron chi connectivity index (χ2n) is 2.59. The Balaban J connectivity index is 2.46. The van der Waals surface area contributed by atoms with Gasteiger partial charge in [-0.1, -0.05) is 0 Å². The minimum absolute atomic E-state index is 0.241. The Labute approximate surface area is 76.5 Å². The Kier molecular flexibility index (Phi) is 1.83. The van der Waals surface area contributed by atoms with Gasteiger partial charge in [-0.25, -0.2) is 0 Å². The number of aromatic nitrogens is 2. The number of hydrogen-bond donors (Lipinski definition) is 1. The van der Waals surface area contributed by atoms with Crippen molar-refractivity contribution in [2.75, 3.05) is 0 Å². The van der Waals surface area contributed by atoms with Gasteiger partial charge in [-0.3, -0.25) is 4.98 Å². The quantitative estimate of drug-likeness (QED) is 0.771. The fourth-order valence-electron chi connectivity index (χ4n) is 1.14. The Morgan fingerprint density at radius 1 is 1.29 bits per heavy atom. The van der Waals surface area contributed by atoms with Crippen LogP contribution in [0.5, 0.6) is 5.75 Å². The molecule has 0 fully saturated rings. The molecule has 0 saturated heterocycles. The molecule has 0 bridgehead atoms. The number of aromatic amines is 1. The molecular formula is C8H5F3N2O. The van der Waals surface area contributed by atoms with Gasteiger partial charge in [0.05, 0.1) is 5.52 Å². The summed E-state index contributed by atoms with van der Waals surface area (Å²) in [6.45, 7) is 0. The van der Waals surface area contributed by atoms with E-state index in [1.165, 1.54) is 12.4 Å². The van der Waals surface area contributed by atoms with Crippen molar-refractivity contribution in [3.05, 3.63) is 24.5 Å². The van der Waals surface area contributed by atoms with Crippen LogP contribution in [0.25, 0.3) is 11.0 Å². The summed E-state index contributed by atoms with van der Waals surface area (Å²) in [5.41, 5.74) is 0.677. The van der Waals surface area contributed by atoms with Crippen LogP contribution in [0.2, 0.25) is 0 Å². The average Bonchev–Trinajstić information content (AvgIpc) is 2.49. The Hall–Kier alpha value is -1.72. The average molecular weight is 202 g/mol. The van der Waals surface area contributed by atoms with Crippen LogP contribution >= 0.6 is 0 Å². The third-order valence-corrected chi connectivity index (χ3v) is 1.64. The standard InChI is InChI=1S/C8H5F3N2O/c9-8(10,11)14-6-2-4-12-5-1-3-13-7(5)6/h1-4,13H. The number of nitrogens with zero attached hydrogens (tertiary/aromatic N) is 1. The van der Waals surface area contributed by atoms with Crippen molar-refractivity contribution < 1.29 is 17.9 Å². The van der Waals surface area contributed by atoms with Crippen LogP contribution in [0.4, 0.5) is 13.2 Å². The second kappa shape index (κ2) is 2.90. The summed E-state index contributed by atoms with van der Waals surface area (Å²) in [7, 11) is 0. The molecule has 2 rings (SSSR count). The number of fused-ring (bicyclic) bond motifs is 1. The maximum Gasteiger partial charge on any atom is 0.573 e. The molecule has 74 valence electrons. The molecule has 0 atom stereocenters. The molecule has 0 saturated carbocycles. The number of alkyl halides is 3. The number of nitrogens with one attached hydrogen (secondary N) is 1. The molecule has 2 aromatic heterocycles. The molecule has 0 aliphatic heterocycles. The third kappa shape index (κ3) is 1.63. The fraction of sp³-hybridized carbons (Fsp3) is 0.125. The SMILES string of the molecule is FC(F)(F)Oc1ccnc2cc[nH]c12. The lowest BCUT2D eigenvalue weighted by molar-refractivity contribution is -0.274. The first kappa shape index (κ1) is 8.86. The summed E-state index contributed by atoms with van der Waals surface area (Å²) in [6.07, 6.45) is -1.92. The van der Waals surface area contributed by atoms with Crippen molar-refractivity contribution in [2.24, 2.45) is 0 Å². The summed E-state index contributed by atoms with van der Waals surface area (Å²) in [5.74, 6) is -0.271. The van der Waals surface area contributed by atoms with Crippen molar-refractivity contribution in [1.82, 2.24) is 9.97 Å². The summed E-state index contributed by atoms with van der Waals surface area (Å²) in [4.78, 5) is 6.48. The van der Waals surface area contributed by atoms with Gasteiger partial charge in [-0.05, 0) is 6.07 Å². The van der Waals surface area contributed by atoms with E-state index in [1.54, 1.807) is 6.07 Å². The molecule has 0 radical (unpaired) electrons. The molecule has 2 heterocycles. The first-order valence-electron chi connectivity index (χ1n) is 3.74. The van der Waals surface area contributed by atoms with E-state index in [1.807, 2.05) is 0 Å². The molecule has 2 aromatic rings. The molecule has 6 heteroatoms. The molecule has 0 amide bonds. The lowest BCUT2D eigenvalue weighted by atomic mass is 10.3. The fourth-order valence-corrected chi connectivity index (χ4v) is 1.14. The van der Waals surface area contributed by atoms with E-state index in [-0.39, 0.29) is 11.3 Å². The van der Waals surface area contributed by atoms with Gasteiger partial charge in [0.2, 0.25) is 0 Å². The highest BCUT2D eigenvalue weighted by atomic mass is 19.4. The van der Waals surface area contributed by atoms with Crippen LogP contribution in [0.1, 0.15) is 0 Å². The molecule has 14 heavy (non-hydrogen) atoms. The number of H-pyrrole nitrogens is 1. The second-order valence-corrected chi connectivity index (χ2v) is 2.59. The van der Waals surface area contributed by atoms with Crippen molar-refractivity contribution in [3.8, 4) is 5.75 Å². The third-order valence-electron chi connectivity index (χ3n) is 1.64. The van der Waals surface area contributed by atoms with Crippen molar-refractivity contribution in [1.29, 1.82) is 0 Å². The largest absolute Gasteiger partial charge is 0.573 e.